The summed E-state index contributed by atoms with van der Waals surface area (Å²) >= 11 is 0. The third kappa shape index (κ3) is 7.15. The lowest BCUT2D eigenvalue weighted by molar-refractivity contribution is 0.0634. The van der Waals surface area contributed by atoms with E-state index in [0.717, 1.165) is 12.8 Å². The lowest BCUT2D eigenvalue weighted by Gasteiger charge is -2.25. The van der Waals surface area contributed by atoms with Crippen molar-refractivity contribution in [2.75, 3.05) is 6.61 Å². The van der Waals surface area contributed by atoms with Crippen molar-refractivity contribution in [1.82, 2.24) is 0 Å². The predicted octanol–water partition coefficient (Wildman–Crippen LogP) is 0.955. The van der Waals surface area contributed by atoms with Crippen LogP contribution in [0.1, 0.15) is 39.5 Å². The summed E-state index contributed by atoms with van der Waals surface area (Å²) in [5.41, 5.74) is 0. The van der Waals surface area contributed by atoms with Crippen LogP contribution in [0.25, 0.3) is 0 Å². The summed E-state index contributed by atoms with van der Waals surface area (Å²) < 4.78 is 5.06. The molecule has 1 aliphatic rings. The zero-order chi connectivity index (χ0) is 10.3. The van der Waals surface area contributed by atoms with E-state index in [0.29, 0.717) is 13.0 Å². The maximum Gasteiger partial charge on any atom is 0.0994 e. The fourth-order valence-electron chi connectivity index (χ4n) is 1.11. The van der Waals surface area contributed by atoms with Crippen LogP contribution in [0.3, 0.4) is 0 Å². The summed E-state index contributed by atoms with van der Waals surface area (Å²) in [6.07, 6.45) is 2.73. The van der Waals surface area contributed by atoms with Crippen LogP contribution in [0.2, 0.25) is 0 Å². The highest BCUT2D eigenvalue weighted by atomic mass is 16.5. The Labute approximate surface area is 83.9 Å². The van der Waals surface area contributed by atoms with Crippen molar-refractivity contribution in [3.8, 4) is 0 Å². The number of hydrogen-bond acceptors (Lipinski definition) is 2. The van der Waals surface area contributed by atoms with Crippen molar-refractivity contribution < 1.29 is 9.84 Å². The van der Waals surface area contributed by atoms with Gasteiger partial charge in [-0.3, -0.25) is 0 Å². The summed E-state index contributed by atoms with van der Waals surface area (Å²) in [6.45, 7) is 4.80. The molecule has 1 heterocycles. The summed E-state index contributed by atoms with van der Waals surface area (Å²) in [5, 5.41) is 8.07. The SMILES string of the molecule is CCC.[B]C1([B])CC(O)CCCO1. The Hall–Kier alpha value is 0.0499. The quantitative estimate of drug-likeness (QED) is 0.562. The molecule has 0 aromatic rings. The second-order valence-electron chi connectivity index (χ2n) is 3.51. The molecule has 13 heavy (non-hydrogen) atoms. The molecule has 0 aromatic carbocycles. The standard InChI is InChI=1S/C6H10B2O2.C3H8/c7-6(8)4-5(9)2-1-3-10-6;1-3-2/h5,9H,1-4H2;3H2,1-2H3. The maximum absolute atomic E-state index is 9.18. The lowest BCUT2D eigenvalue weighted by atomic mass is 9.62. The van der Waals surface area contributed by atoms with Crippen molar-refractivity contribution in [2.24, 2.45) is 0 Å². The van der Waals surface area contributed by atoms with Crippen LogP contribution < -0.4 is 0 Å². The van der Waals surface area contributed by atoms with Gasteiger partial charge in [-0.2, -0.15) is 0 Å². The Morgan fingerprint density at radius 1 is 1.46 bits per heavy atom. The molecule has 0 spiro atoms. The largest absolute Gasteiger partial charge is 0.394 e. The molecule has 1 saturated heterocycles. The van der Waals surface area contributed by atoms with E-state index in [-0.39, 0.29) is 0 Å². The molecule has 2 nitrogen and oxygen atoms in total. The molecular weight excluding hydrogens is 162 g/mol. The van der Waals surface area contributed by atoms with Gasteiger partial charge >= 0.3 is 0 Å². The van der Waals surface area contributed by atoms with Crippen LogP contribution >= 0.6 is 0 Å². The Balaban J connectivity index is 0.000000424. The Bertz CT molecular complexity index is 129. The zero-order valence-corrected chi connectivity index (χ0v) is 8.62. The number of rotatable bonds is 0. The molecule has 1 rings (SSSR count). The molecular formula is C9H18B2O2. The van der Waals surface area contributed by atoms with Crippen molar-refractivity contribution in [1.29, 1.82) is 0 Å². The topological polar surface area (TPSA) is 29.5 Å². The highest BCUT2D eigenvalue weighted by Crippen LogP contribution is 2.18. The molecule has 0 amide bonds. The normalized spacial score (nSPS) is 26.8. The van der Waals surface area contributed by atoms with Crippen LogP contribution in [-0.4, -0.2) is 38.9 Å². The van der Waals surface area contributed by atoms with E-state index in [1.165, 1.54) is 6.42 Å². The van der Waals surface area contributed by atoms with Crippen molar-refractivity contribution in [2.45, 2.75) is 51.0 Å². The second-order valence-corrected chi connectivity index (χ2v) is 3.51. The summed E-state index contributed by atoms with van der Waals surface area (Å²) in [5.74, 6) is 0. The minimum Gasteiger partial charge on any atom is -0.394 e. The average molecular weight is 180 g/mol. The maximum atomic E-state index is 9.18. The average Bonchev–Trinajstić information content (AvgIpc) is 2.11. The summed E-state index contributed by atoms with van der Waals surface area (Å²) in [7, 11) is 10.9. The minimum atomic E-state index is -1.12. The number of aliphatic hydroxyl groups excluding tert-OH is 1. The third-order valence-corrected chi connectivity index (χ3v) is 1.61. The first-order valence-electron chi connectivity index (χ1n) is 4.91. The molecule has 0 aliphatic carbocycles. The molecule has 1 N–H and O–H groups in total. The van der Waals surface area contributed by atoms with Crippen molar-refractivity contribution >= 4 is 15.7 Å². The molecule has 1 atom stereocenters. The molecule has 1 fully saturated rings. The Morgan fingerprint density at radius 3 is 2.54 bits per heavy atom. The Kier molecular flexibility index (Phi) is 6.52. The van der Waals surface area contributed by atoms with Crippen LogP contribution in [0.5, 0.6) is 0 Å². The van der Waals surface area contributed by atoms with E-state index >= 15 is 0 Å². The van der Waals surface area contributed by atoms with Crippen molar-refractivity contribution in [3.05, 3.63) is 0 Å². The van der Waals surface area contributed by atoms with Gasteiger partial charge in [0.2, 0.25) is 0 Å². The van der Waals surface area contributed by atoms with Gasteiger partial charge in [-0.15, -0.1) is 0 Å². The molecule has 1 aliphatic heterocycles. The highest BCUT2D eigenvalue weighted by molar-refractivity contribution is 6.39. The molecule has 4 radical (unpaired) electrons. The highest BCUT2D eigenvalue weighted by Gasteiger charge is 2.24. The number of hydrogen-bond donors (Lipinski definition) is 1. The first-order chi connectivity index (χ1) is 6.02. The van der Waals surface area contributed by atoms with Gasteiger partial charge < -0.3 is 9.84 Å². The first kappa shape index (κ1) is 13.0. The fourth-order valence-corrected chi connectivity index (χ4v) is 1.11. The van der Waals surface area contributed by atoms with Gasteiger partial charge in [-0.25, -0.2) is 0 Å². The first-order valence-corrected chi connectivity index (χ1v) is 4.91. The van der Waals surface area contributed by atoms with Crippen LogP contribution in [0.4, 0.5) is 0 Å². The third-order valence-electron chi connectivity index (χ3n) is 1.61. The molecule has 0 saturated carbocycles. The van der Waals surface area contributed by atoms with E-state index in [9.17, 15) is 5.11 Å². The smallest absolute Gasteiger partial charge is 0.0994 e. The lowest BCUT2D eigenvalue weighted by Crippen LogP contribution is -2.35. The van der Waals surface area contributed by atoms with Gasteiger partial charge in [0.15, 0.2) is 0 Å². The zero-order valence-electron chi connectivity index (χ0n) is 8.62. The van der Waals surface area contributed by atoms with E-state index in [2.05, 4.69) is 13.8 Å². The van der Waals surface area contributed by atoms with Gasteiger partial charge in [-0.1, -0.05) is 20.3 Å². The number of ether oxygens (including phenoxy) is 1. The molecule has 0 aromatic heterocycles. The predicted molar refractivity (Wildman–Crippen MR) is 56.0 cm³/mol. The molecule has 72 valence electrons. The fraction of sp³-hybridized carbons (Fsp3) is 1.00. The monoisotopic (exact) mass is 180 g/mol. The van der Waals surface area contributed by atoms with Gasteiger partial charge in [0.25, 0.3) is 0 Å². The van der Waals surface area contributed by atoms with Gasteiger partial charge in [-0.05, 0) is 24.7 Å². The van der Waals surface area contributed by atoms with Crippen LogP contribution in [0.15, 0.2) is 0 Å². The minimum absolute atomic E-state index is 0.326. The van der Waals surface area contributed by atoms with Gasteiger partial charge in [0.05, 0.1) is 21.8 Å². The second kappa shape index (κ2) is 6.50. The molecule has 4 heteroatoms. The molecule has 0 bridgehead atoms. The Morgan fingerprint density at radius 2 is 2.00 bits per heavy atom. The summed E-state index contributed by atoms with van der Waals surface area (Å²) in [6, 6.07) is 0. The van der Waals surface area contributed by atoms with Crippen LogP contribution in [-0.2, 0) is 4.74 Å². The van der Waals surface area contributed by atoms with Crippen molar-refractivity contribution in [3.63, 3.8) is 0 Å². The van der Waals surface area contributed by atoms with Gasteiger partial charge in [0.1, 0.15) is 0 Å². The van der Waals surface area contributed by atoms with E-state index in [4.69, 9.17) is 20.4 Å². The molecule has 1 unspecified atom stereocenters. The van der Waals surface area contributed by atoms with E-state index in [1.54, 1.807) is 0 Å². The number of aliphatic hydroxyl groups is 1. The van der Waals surface area contributed by atoms with E-state index < -0.39 is 11.5 Å². The van der Waals surface area contributed by atoms with Crippen LogP contribution in [0, 0.1) is 0 Å². The van der Waals surface area contributed by atoms with E-state index in [1.807, 2.05) is 0 Å². The van der Waals surface area contributed by atoms with Gasteiger partial charge in [0, 0.05) is 6.61 Å². The summed E-state index contributed by atoms with van der Waals surface area (Å²) in [4.78, 5) is 0.